The third-order valence-electron chi connectivity index (χ3n) is 10.2. The number of carbonyl (C=O) groups excluding carboxylic acids is 2. The van der Waals surface area contributed by atoms with Crippen LogP contribution in [0, 0.1) is 47.3 Å². The van der Waals surface area contributed by atoms with Crippen LogP contribution in [0.15, 0.2) is 0 Å². The predicted molar refractivity (Wildman–Crippen MR) is 103 cm³/mol. The van der Waals surface area contributed by atoms with E-state index in [1.165, 1.54) is 0 Å². The third kappa shape index (κ3) is 2.34. The van der Waals surface area contributed by atoms with Gasteiger partial charge in [-0.05, 0) is 77.0 Å². The molecule has 0 radical (unpaired) electrons. The number of hydrogen-bond donors (Lipinski definition) is 0. The summed E-state index contributed by atoms with van der Waals surface area (Å²) in [6.45, 7) is 0. The highest BCUT2D eigenvalue weighted by molar-refractivity contribution is 5.84. The van der Waals surface area contributed by atoms with E-state index in [1.54, 1.807) is 0 Å². The van der Waals surface area contributed by atoms with Crippen LogP contribution in [0.1, 0.15) is 77.0 Å². The Morgan fingerprint density at radius 3 is 1.00 bits per heavy atom. The number of Topliss-reactive ketones (excluding diaryl/α,β-unsaturated/α-hetero) is 2. The normalized spacial score (nSPS) is 56.9. The first-order chi connectivity index (χ1) is 14.6. The molecule has 6 saturated carbocycles. The highest BCUT2D eigenvalue weighted by atomic mass is 17.4. The topological polar surface area (TPSA) is 71.1 Å². The lowest BCUT2D eigenvalue weighted by Gasteiger charge is -2.52. The monoisotopic (exact) mass is 416 g/mol. The molecule has 30 heavy (non-hydrogen) atoms. The second-order valence-corrected chi connectivity index (χ2v) is 11.4. The summed E-state index contributed by atoms with van der Waals surface area (Å²) in [5.41, 5.74) is 0. The van der Waals surface area contributed by atoms with Crippen LogP contribution in [-0.2, 0) is 29.1 Å². The first-order valence-corrected chi connectivity index (χ1v) is 12.4. The molecule has 6 heteroatoms. The molecule has 0 amide bonds. The fourth-order valence-electron chi connectivity index (χ4n) is 8.59. The molecule has 0 unspecified atom stereocenters. The quantitative estimate of drug-likeness (QED) is 0.553. The molecule has 0 aromatic heterocycles. The van der Waals surface area contributed by atoms with Gasteiger partial charge in [0.05, 0.1) is 0 Å². The molecule has 7 fully saturated rings. The summed E-state index contributed by atoms with van der Waals surface area (Å²) in [6, 6.07) is 0. The van der Waals surface area contributed by atoms with Gasteiger partial charge in [-0.3, -0.25) is 9.59 Å². The summed E-state index contributed by atoms with van der Waals surface area (Å²) in [6.07, 6.45) is 10.8. The van der Waals surface area contributed by atoms with Crippen molar-refractivity contribution in [2.45, 2.75) is 88.6 Å². The van der Waals surface area contributed by atoms with Crippen LogP contribution in [-0.4, -0.2) is 23.1 Å². The van der Waals surface area contributed by atoms with Crippen LogP contribution in [0.5, 0.6) is 0 Å². The van der Waals surface area contributed by atoms with Gasteiger partial charge in [-0.2, -0.15) is 19.6 Å². The fraction of sp³-hybridized carbons (Fsp3) is 0.917. The summed E-state index contributed by atoms with van der Waals surface area (Å²) in [4.78, 5) is 51.3. The van der Waals surface area contributed by atoms with Crippen molar-refractivity contribution in [2.24, 2.45) is 47.3 Å². The first-order valence-electron chi connectivity index (χ1n) is 12.4. The lowest BCUT2D eigenvalue weighted by molar-refractivity contribution is -0.684. The molecule has 8 bridgehead atoms. The van der Waals surface area contributed by atoms with Crippen molar-refractivity contribution in [3.8, 4) is 0 Å². The Morgan fingerprint density at radius 1 is 0.467 bits per heavy atom. The van der Waals surface area contributed by atoms with Crippen LogP contribution in [0.25, 0.3) is 0 Å². The number of hydrogen-bond acceptors (Lipinski definition) is 6. The zero-order chi connectivity index (χ0) is 20.1. The highest BCUT2D eigenvalue weighted by Gasteiger charge is 2.66. The van der Waals surface area contributed by atoms with Gasteiger partial charge in [0.25, 0.3) is 0 Å². The summed E-state index contributed by atoms with van der Waals surface area (Å²) < 4.78 is 0. The smallest absolute Gasteiger partial charge is 0.239 e. The van der Waals surface area contributed by atoms with Gasteiger partial charge in [0.15, 0.2) is 0 Å². The Bertz CT molecular complexity index is 654. The minimum Gasteiger partial charge on any atom is -0.299 e. The molecular formula is C24H32O6. The molecule has 0 aromatic rings. The van der Waals surface area contributed by atoms with Gasteiger partial charge in [-0.15, -0.1) is 0 Å². The van der Waals surface area contributed by atoms with Gasteiger partial charge in [-0.1, -0.05) is 0 Å². The molecule has 1 saturated heterocycles. The van der Waals surface area contributed by atoms with Crippen LogP contribution in [0.4, 0.5) is 0 Å². The van der Waals surface area contributed by atoms with Gasteiger partial charge in [0.2, 0.25) is 11.6 Å². The maximum atomic E-state index is 12.8. The molecule has 0 N–H and O–H groups in total. The second-order valence-electron chi connectivity index (χ2n) is 11.4. The van der Waals surface area contributed by atoms with E-state index >= 15 is 0 Å². The Balaban J connectivity index is 1.20. The SMILES string of the molecule is O=C1[C@H]2CC[C@@H](C2)C2(OOC3(OO2)[C@H]2CC[C@@H](C2)C(=O)[C@H]2CC[C@H]3C2)[C@H]2CC[C@H]1C2. The van der Waals surface area contributed by atoms with E-state index in [2.05, 4.69) is 0 Å². The van der Waals surface area contributed by atoms with E-state index in [1.807, 2.05) is 0 Å². The van der Waals surface area contributed by atoms with Crippen molar-refractivity contribution in [2.75, 3.05) is 0 Å². The Labute approximate surface area is 177 Å². The van der Waals surface area contributed by atoms with Crippen molar-refractivity contribution in [1.29, 1.82) is 0 Å². The molecule has 0 aromatic carbocycles. The average molecular weight is 417 g/mol. The van der Waals surface area contributed by atoms with E-state index in [9.17, 15) is 9.59 Å². The Morgan fingerprint density at radius 2 is 0.733 bits per heavy atom. The summed E-state index contributed by atoms with van der Waals surface area (Å²) in [5.74, 6) is 0.404. The fourth-order valence-corrected chi connectivity index (χ4v) is 8.59. The largest absolute Gasteiger partial charge is 0.299 e. The number of carbonyl (C=O) groups is 2. The molecule has 7 aliphatic rings. The van der Waals surface area contributed by atoms with E-state index < -0.39 is 11.6 Å². The molecule has 6 nitrogen and oxygen atoms in total. The Hall–Kier alpha value is -0.820. The van der Waals surface area contributed by atoms with Crippen molar-refractivity contribution in [1.82, 2.24) is 0 Å². The van der Waals surface area contributed by atoms with E-state index in [0.29, 0.717) is 11.6 Å². The Kier molecular flexibility index (Phi) is 3.97. The van der Waals surface area contributed by atoms with E-state index in [4.69, 9.17) is 19.6 Å². The molecule has 1 heterocycles. The van der Waals surface area contributed by atoms with Gasteiger partial charge in [0, 0.05) is 47.3 Å². The molecule has 2 spiro atoms. The van der Waals surface area contributed by atoms with Crippen LogP contribution in [0.2, 0.25) is 0 Å². The molecule has 164 valence electrons. The highest BCUT2D eigenvalue weighted by Crippen LogP contribution is 2.60. The molecule has 7 rings (SSSR count). The lowest BCUT2D eigenvalue weighted by Crippen LogP contribution is -2.61. The van der Waals surface area contributed by atoms with Crippen molar-refractivity contribution in [3.63, 3.8) is 0 Å². The standard InChI is InChI=1S/C24H32O6/c25-21-13-1-5-17(9-13)23(18-6-2-14(21)10-18)27-29-24(30-28-23)19-7-3-15(11-19)22(26)16-4-8-20(24)12-16/h13-20H,1-12H2/t13-,14-,15-,16-,17-,18-,19-,20-/m0/s1. The van der Waals surface area contributed by atoms with Gasteiger partial charge in [0.1, 0.15) is 11.6 Å². The summed E-state index contributed by atoms with van der Waals surface area (Å²) in [7, 11) is 0. The van der Waals surface area contributed by atoms with E-state index in [-0.39, 0.29) is 47.3 Å². The minimum atomic E-state index is -0.871. The maximum absolute atomic E-state index is 12.8. The molecule has 1 aliphatic heterocycles. The molecular weight excluding hydrogens is 384 g/mol. The van der Waals surface area contributed by atoms with E-state index in [0.717, 1.165) is 77.0 Å². The van der Waals surface area contributed by atoms with Crippen LogP contribution < -0.4 is 0 Å². The van der Waals surface area contributed by atoms with Crippen molar-refractivity contribution in [3.05, 3.63) is 0 Å². The van der Waals surface area contributed by atoms with Gasteiger partial charge < -0.3 is 0 Å². The molecule has 6 aliphatic carbocycles. The maximum Gasteiger partial charge on any atom is 0.239 e. The lowest BCUT2D eigenvalue weighted by atomic mass is 9.78. The third-order valence-corrected chi connectivity index (χ3v) is 10.2. The second kappa shape index (κ2) is 6.37. The predicted octanol–water partition coefficient (Wildman–Crippen LogP) is 4.12. The van der Waals surface area contributed by atoms with Crippen molar-refractivity contribution >= 4 is 11.6 Å². The van der Waals surface area contributed by atoms with Gasteiger partial charge in [-0.25, -0.2) is 0 Å². The van der Waals surface area contributed by atoms with Gasteiger partial charge >= 0.3 is 0 Å². The number of rotatable bonds is 0. The van der Waals surface area contributed by atoms with Crippen molar-refractivity contribution < 1.29 is 29.1 Å². The molecule has 8 atom stereocenters. The number of ketones is 2. The minimum absolute atomic E-state index is 0.149. The number of fused-ring (bicyclic) bond motifs is 12. The van der Waals surface area contributed by atoms with Crippen LogP contribution >= 0.6 is 0 Å². The summed E-state index contributed by atoms with van der Waals surface area (Å²) in [5, 5.41) is 0. The average Bonchev–Trinajstić information content (AvgIpc) is 3.57. The van der Waals surface area contributed by atoms with Crippen LogP contribution in [0.3, 0.4) is 0 Å². The summed E-state index contributed by atoms with van der Waals surface area (Å²) >= 11 is 0. The first kappa shape index (κ1) is 18.7. The zero-order valence-corrected chi connectivity index (χ0v) is 17.6. The zero-order valence-electron chi connectivity index (χ0n) is 17.6.